The van der Waals surface area contributed by atoms with E-state index in [4.69, 9.17) is 4.42 Å². The molecule has 2 N–H and O–H groups in total. The minimum absolute atomic E-state index is 0. The first kappa shape index (κ1) is 22.9. The number of ether oxygens (including phenoxy) is 1. The Balaban J connectivity index is 0.00000364. The second kappa shape index (κ2) is 12.3. The van der Waals surface area contributed by atoms with E-state index >= 15 is 0 Å². The molecule has 1 aromatic heterocycles. The SMILES string of the molecule is CN=C(NCCCCC(=O)OC)NCc1coc(-c2ccc(C)cc2)n1.I. The maximum atomic E-state index is 11.1. The van der Waals surface area contributed by atoms with Gasteiger partial charge in [-0.05, 0) is 31.9 Å². The summed E-state index contributed by atoms with van der Waals surface area (Å²) in [5.74, 6) is 1.11. The number of nitrogens with zero attached hydrogens (tertiary/aromatic N) is 2. The van der Waals surface area contributed by atoms with Crippen LogP contribution in [-0.2, 0) is 16.1 Å². The van der Waals surface area contributed by atoms with Gasteiger partial charge in [-0.15, -0.1) is 24.0 Å². The van der Waals surface area contributed by atoms with Gasteiger partial charge in [-0.3, -0.25) is 9.79 Å². The second-order valence-corrected chi connectivity index (χ2v) is 5.90. The highest BCUT2D eigenvalue weighted by molar-refractivity contribution is 14.0. The summed E-state index contributed by atoms with van der Waals surface area (Å²) in [6, 6.07) is 8.05. The van der Waals surface area contributed by atoms with E-state index in [1.54, 1.807) is 13.3 Å². The zero-order chi connectivity index (χ0) is 18.8. The van der Waals surface area contributed by atoms with Crippen LogP contribution in [0.25, 0.3) is 11.5 Å². The van der Waals surface area contributed by atoms with Crippen molar-refractivity contribution in [2.24, 2.45) is 4.99 Å². The number of rotatable bonds is 8. The Morgan fingerprint density at radius 1 is 1.22 bits per heavy atom. The Kier molecular flexibility index (Phi) is 10.5. The molecule has 0 aliphatic heterocycles. The number of halogens is 1. The van der Waals surface area contributed by atoms with Gasteiger partial charge in [0.25, 0.3) is 0 Å². The predicted octanol–water partition coefficient (Wildman–Crippen LogP) is 3.28. The van der Waals surface area contributed by atoms with E-state index in [2.05, 4.69) is 25.3 Å². The van der Waals surface area contributed by atoms with Crippen molar-refractivity contribution in [3.05, 3.63) is 41.8 Å². The minimum Gasteiger partial charge on any atom is -0.469 e. The standard InChI is InChI=1S/C19H26N4O3.HI/c1-14-7-9-15(10-8-14)18-23-16(13-26-18)12-22-19(20-2)21-11-5-4-6-17(24)25-3;/h7-10,13H,4-6,11-12H2,1-3H3,(H2,20,21,22);1H. The third-order valence-corrected chi connectivity index (χ3v) is 3.84. The Hall–Kier alpha value is -2.10. The summed E-state index contributed by atoms with van der Waals surface area (Å²) in [5.41, 5.74) is 2.95. The zero-order valence-corrected chi connectivity index (χ0v) is 18.3. The minimum atomic E-state index is -0.178. The molecule has 148 valence electrons. The van der Waals surface area contributed by atoms with E-state index in [0.29, 0.717) is 24.8 Å². The van der Waals surface area contributed by atoms with Crippen LogP contribution in [0.3, 0.4) is 0 Å². The number of carbonyl (C=O) groups is 1. The molecule has 0 bridgehead atoms. The highest BCUT2D eigenvalue weighted by Crippen LogP contribution is 2.18. The van der Waals surface area contributed by atoms with Gasteiger partial charge in [0.15, 0.2) is 5.96 Å². The number of methoxy groups -OCH3 is 1. The van der Waals surface area contributed by atoms with Crippen molar-refractivity contribution in [3.63, 3.8) is 0 Å². The fourth-order valence-corrected chi connectivity index (χ4v) is 2.31. The molecule has 2 aromatic rings. The van der Waals surface area contributed by atoms with Crippen LogP contribution in [-0.4, -0.2) is 37.6 Å². The van der Waals surface area contributed by atoms with E-state index in [1.165, 1.54) is 12.7 Å². The van der Waals surface area contributed by atoms with Crippen molar-refractivity contribution in [2.45, 2.75) is 32.7 Å². The number of esters is 1. The Morgan fingerprint density at radius 3 is 2.63 bits per heavy atom. The average molecular weight is 486 g/mol. The monoisotopic (exact) mass is 486 g/mol. The van der Waals surface area contributed by atoms with Crippen LogP contribution in [0.4, 0.5) is 0 Å². The van der Waals surface area contributed by atoms with Crippen LogP contribution in [0, 0.1) is 6.92 Å². The molecule has 7 nitrogen and oxygen atoms in total. The predicted molar refractivity (Wildman–Crippen MR) is 116 cm³/mol. The molecule has 0 radical (unpaired) electrons. The topological polar surface area (TPSA) is 88.8 Å². The van der Waals surface area contributed by atoms with Crippen LogP contribution in [0.15, 0.2) is 39.9 Å². The summed E-state index contributed by atoms with van der Waals surface area (Å²) in [4.78, 5) is 19.7. The summed E-state index contributed by atoms with van der Waals surface area (Å²) in [6.07, 6.45) is 3.72. The van der Waals surface area contributed by atoms with E-state index in [-0.39, 0.29) is 29.9 Å². The molecule has 1 heterocycles. The number of aromatic nitrogens is 1. The summed E-state index contributed by atoms with van der Waals surface area (Å²) in [5, 5.41) is 6.40. The number of oxazole rings is 1. The van der Waals surface area contributed by atoms with E-state index < -0.39 is 0 Å². The molecule has 27 heavy (non-hydrogen) atoms. The van der Waals surface area contributed by atoms with Crippen molar-refractivity contribution in [3.8, 4) is 11.5 Å². The van der Waals surface area contributed by atoms with Crippen molar-refractivity contribution in [1.29, 1.82) is 0 Å². The molecular weight excluding hydrogens is 459 g/mol. The van der Waals surface area contributed by atoms with Gasteiger partial charge >= 0.3 is 5.97 Å². The third-order valence-electron chi connectivity index (χ3n) is 3.84. The van der Waals surface area contributed by atoms with Crippen LogP contribution < -0.4 is 10.6 Å². The van der Waals surface area contributed by atoms with Crippen molar-refractivity contribution in [1.82, 2.24) is 15.6 Å². The number of hydrogen-bond acceptors (Lipinski definition) is 5. The highest BCUT2D eigenvalue weighted by atomic mass is 127. The third kappa shape index (κ3) is 7.98. The lowest BCUT2D eigenvalue weighted by Crippen LogP contribution is -2.37. The maximum Gasteiger partial charge on any atom is 0.305 e. The number of benzene rings is 1. The molecule has 0 atom stereocenters. The molecule has 0 unspecified atom stereocenters. The number of aliphatic imine (C=N–C) groups is 1. The first-order chi connectivity index (χ1) is 12.6. The lowest BCUT2D eigenvalue weighted by Gasteiger charge is -2.10. The molecule has 0 saturated heterocycles. The first-order valence-corrected chi connectivity index (χ1v) is 8.65. The fraction of sp³-hybridized carbons (Fsp3) is 0.421. The normalized spacial score (nSPS) is 10.9. The number of guanidine groups is 1. The zero-order valence-electron chi connectivity index (χ0n) is 15.9. The van der Waals surface area contributed by atoms with E-state index in [1.807, 2.05) is 31.2 Å². The molecule has 0 amide bonds. The van der Waals surface area contributed by atoms with Crippen LogP contribution >= 0.6 is 24.0 Å². The fourth-order valence-electron chi connectivity index (χ4n) is 2.31. The molecular formula is C19H27IN4O3. The lowest BCUT2D eigenvalue weighted by molar-refractivity contribution is -0.140. The maximum absolute atomic E-state index is 11.1. The van der Waals surface area contributed by atoms with Crippen molar-refractivity contribution in [2.75, 3.05) is 20.7 Å². The van der Waals surface area contributed by atoms with Gasteiger partial charge in [-0.25, -0.2) is 4.98 Å². The second-order valence-electron chi connectivity index (χ2n) is 5.90. The van der Waals surface area contributed by atoms with E-state index in [0.717, 1.165) is 30.6 Å². The number of hydrogen-bond donors (Lipinski definition) is 2. The molecule has 2 rings (SSSR count). The Morgan fingerprint density at radius 2 is 1.96 bits per heavy atom. The number of unbranched alkanes of at least 4 members (excludes halogenated alkanes) is 1. The van der Waals surface area contributed by atoms with Gasteiger partial charge in [0.1, 0.15) is 6.26 Å². The average Bonchev–Trinajstić information content (AvgIpc) is 3.13. The molecule has 0 spiro atoms. The number of aryl methyl sites for hydroxylation is 1. The molecule has 1 aromatic carbocycles. The van der Waals surface area contributed by atoms with Crippen LogP contribution in [0.5, 0.6) is 0 Å². The van der Waals surface area contributed by atoms with Gasteiger partial charge in [0.05, 0.1) is 19.3 Å². The van der Waals surface area contributed by atoms with Gasteiger partial charge in [0.2, 0.25) is 5.89 Å². The molecule has 0 fully saturated rings. The van der Waals surface area contributed by atoms with Gasteiger partial charge in [0, 0.05) is 25.6 Å². The highest BCUT2D eigenvalue weighted by Gasteiger charge is 2.07. The summed E-state index contributed by atoms with van der Waals surface area (Å²) in [7, 11) is 3.12. The smallest absolute Gasteiger partial charge is 0.305 e. The van der Waals surface area contributed by atoms with Crippen LogP contribution in [0.2, 0.25) is 0 Å². The van der Waals surface area contributed by atoms with Crippen molar-refractivity contribution < 1.29 is 13.9 Å². The molecule has 0 aliphatic carbocycles. The van der Waals surface area contributed by atoms with E-state index in [9.17, 15) is 4.79 Å². The number of carbonyl (C=O) groups excluding carboxylic acids is 1. The summed E-state index contributed by atoms with van der Waals surface area (Å²) < 4.78 is 10.2. The summed E-state index contributed by atoms with van der Waals surface area (Å²) in [6.45, 7) is 3.28. The molecule has 0 aliphatic rings. The lowest BCUT2D eigenvalue weighted by atomic mass is 10.1. The largest absolute Gasteiger partial charge is 0.469 e. The number of nitrogens with one attached hydrogen (secondary N) is 2. The van der Waals surface area contributed by atoms with Gasteiger partial charge in [-0.2, -0.15) is 0 Å². The molecule has 8 heteroatoms. The van der Waals surface area contributed by atoms with Crippen LogP contribution in [0.1, 0.15) is 30.5 Å². The van der Waals surface area contributed by atoms with Gasteiger partial charge < -0.3 is 19.8 Å². The molecule has 0 saturated carbocycles. The van der Waals surface area contributed by atoms with Gasteiger partial charge in [-0.1, -0.05) is 17.7 Å². The quantitative estimate of drug-likeness (QED) is 0.196. The van der Waals surface area contributed by atoms with Crippen molar-refractivity contribution >= 4 is 35.9 Å². The Labute approximate surface area is 177 Å². The first-order valence-electron chi connectivity index (χ1n) is 8.65. The summed E-state index contributed by atoms with van der Waals surface area (Å²) >= 11 is 0. The Bertz CT molecular complexity index is 729.